The first-order valence-electron chi connectivity index (χ1n) is 8.65. The smallest absolute Gasteiger partial charge is 0.255 e. The van der Waals surface area contributed by atoms with Gasteiger partial charge in [-0.05, 0) is 37.1 Å². The summed E-state index contributed by atoms with van der Waals surface area (Å²) >= 11 is 0. The highest BCUT2D eigenvalue weighted by Gasteiger charge is 2.42. The molecule has 0 aliphatic heterocycles. The maximum absolute atomic E-state index is 12.8. The summed E-state index contributed by atoms with van der Waals surface area (Å²) in [5, 5.41) is 17.0. The molecule has 6 heteroatoms. The maximum atomic E-state index is 12.8. The minimum atomic E-state index is -0.189. The van der Waals surface area contributed by atoms with Gasteiger partial charge in [0.1, 0.15) is 5.69 Å². The van der Waals surface area contributed by atoms with Crippen LogP contribution in [0.5, 0.6) is 0 Å². The number of rotatable bonds is 6. The molecule has 1 fully saturated rings. The van der Waals surface area contributed by atoms with Crippen LogP contribution in [0.3, 0.4) is 0 Å². The number of aromatic nitrogens is 3. The fourth-order valence-corrected chi connectivity index (χ4v) is 2.90. The molecule has 1 amide bonds. The van der Waals surface area contributed by atoms with Gasteiger partial charge in [0.15, 0.2) is 0 Å². The number of aliphatic hydroxyl groups is 1. The van der Waals surface area contributed by atoms with Gasteiger partial charge < -0.3 is 10.4 Å². The summed E-state index contributed by atoms with van der Waals surface area (Å²) in [4.78, 5) is 16.9. The van der Waals surface area contributed by atoms with Crippen molar-refractivity contribution < 1.29 is 9.90 Å². The van der Waals surface area contributed by atoms with Crippen LogP contribution in [-0.4, -0.2) is 38.9 Å². The van der Waals surface area contributed by atoms with Crippen molar-refractivity contribution in [2.24, 2.45) is 5.41 Å². The average Bonchev–Trinajstić information content (AvgIpc) is 3.36. The van der Waals surface area contributed by atoms with Gasteiger partial charge in [-0.3, -0.25) is 9.78 Å². The monoisotopic (exact) mass is 348 g/mol. The number of aliphatic hydroxyl groups excluding tert-OH is 1. The average molecular weight is 348 g/mol. The molecule has 0 spiro atoms. The molecule has 4 rings (SSSR count). The molecule has 3 aromatic rings. The topological polar surface area (TPSA) is 80.0 Å². The van der Waals surface area contributed by atoms with E-state index >= 15 is 0 Å². The molecule has 0 atom stereocenters. The molecule has 2 heterocycles. The summed E-state index contributed by atoms with van der Waals surface area (Å²) < 4.78 is 1.70. The van der Waals surface area contributed by atoms with Gasteiger partial charge in [0.2, 0.25) is 0 Å². The van der Waals surface area contributed by atoms with Crippen molar-refractivity contribution >= 4 is 5.91 Å². The molecule has 26 heavy (non-hydrogen) atoms. The minimum Gasteiger partial charge on any atom is -0.396 e. The van der Waals surface area contributed by atoms with Crippen molar-refractivity contribution in [2.75, 3.05) is 13.2 Å². The Morgan fingerprint density at radius 1 is 1.19 bits per heavy atom. The third kappa shape index (κ3) is 3.23. The highest BCUT2D eigenvalue weighted by Crippen LogP contribution is 2.44. The van der Waals surface area contributed by atoms with Gasteiger partial charge in [0, 0.05) is 36.1 Å². The van der Waals surface area contributed by atoms with E-state index in [1.54, 1.807) is 23.3 Å². The van der Waals surface area contributed by atoms with Gasteiger partial charge in [-0.15, -0.1) is 0 Å². The molecule has 0 bridgehead atoms. The highest BCUT2D eigenvalue weighted by atomic mass is 16.3. The molecule has 132 valence electrons. The Morgan fingerprint density at radius 3 is 2.65 bits per heavy atom. The molecule has 0 radical (unpaired) electrons. The van der Waals surface area contributed by atoms with Crippen molar-refractivity contribution in [3.63, 3.8) is 0 Å². The van der Waals surface area contributed by atoms with Gasteiger partial charge in [-0.1, -0.05) is 18.2 Å². The molecule has 2 N–H and O–H groups in total. The van der Waals surface area contributed by atoms with Crippen LogP contribution in [-0.2, 0) is 0 Å². The van der Waals surface area contributed by atoms with E-state index in [0.29, 0.717) is 17.8 Å². The second-order valence-corrected chi connectivity index (χ2v) is 6.75. The quantitative estimate of drug-likeness (QED) is 0.717. The zero-order chi connectivity index (χ0) is 18.0. The number of nitrogens with one attached hydrogen (secondary N) is 1. The zero-order valence-electron chi connectivity index (χ0n) is 14.3. The summed E-state index contributed by atoms with van der Waals surface area (Å²) in [6.45, 7) is 0.581. The Hall–Kier alpha value is -2.99. The Bertz CT molecular complexity index is 902. The van der Waals surface area contributed by atoms with E-state index < -0.39 is 0 Å². The van der Waals surface area contributed by atoms with E-state index in [2.05, 4.69) is 15.4 Å². The fourth-order valence-electron chi connectivity index (χ4n) is 2.90. The van der Waals surface area contributed by atoms with E-state index in [-0.39, 0.29) is 17.9 Å². The molecule has 6 nitrogen and oxygen atoms in total. The number of pyridine rings is 1. The van der Waals surface area contributed by atoms with Gasteiger partial charge >= 0.3 is 0 Å². The van der Waals surface area contributed by atoms with Crippen molar-refractivity contribution in [3.8, 4) is 16.9 Å². The van der Waals surface area contributed by atoms with Crippen LogP contribution in [0.25, 0.3) is 16.9 Å². The lowest BCUT2D eigenvalue weighted by Crippen LogP contribution is -2.31. The third-order valence-corrected chi connectivity index (χ3v) is 4.83. The number of amides is 1. The Morgan fingerprint density at radius 2 is 2.00 bits per heavy atom. The molecule has 2 aromatic heterocycles. The largest absolute Gasteiger partial charge is 0.396 e. The first kappa shape index (κ1) is 16.5. The predicted octanol–water partition coefficient (Wildman–Crippen LogP) is 2.44. The normalized spacial score (nSPS) is 14.8. The molecule has 0 unspecified atom stereocenters. The van der Waals surface area contributed by atoms with Crippen molar-refractivity contribution in [1.82, 2.24) is 20.1 Å². The summed E-state index contributed by atoms with van der Waals surface area (Å²) in [7, 11) is 0. The van der Waals surface area contributed by atoms with Crippen LogP contribution in [0.2, 0.25) is 0 Å². The maximum Gasteiger partial charge on any atom is 0.255 e. The van der Waals surface area contributed by atoms with Crippen LogP contribution in [0.1, 0.15) is 23.2 Å². The standard InChI is InChI=1S/C20H20N4O2/c25-14-20(8-9-20)13-22-19(26)17-12-24(16-6-2-1-3-7-16)23-18(17)15-5-4-10-21-11-15/h1-7,10-12,25H,8-9,13-14H2,(H,22,26). The van der Waals surface area contributed by atoms with Gasteiger partial charge in [-0.25, -0.2) is 4.68 Å². The van der Waals surface area contributed by atoms with Crippen LogP contribution in [0, 0.1) is 5.41 Å². The first-order chi connectivity index (χ1) is 12.7. The van der Waals surface area contributed by atoms with Crippen LogP contribution in [0.15, 0.2) is 61.1 Å². The number of carbonyl (C=O) groups excluding carboxylic acids is 1. The zero-order valence-corrected chi connectivity index (χ0v) is 14.3. The van der Waals surface area contributed by atoms with Crippen molar-refractivity contribution in [1.29, 1.82) is 0 Å². The molecular formula is C20H20N4O2. The van der Waals surface area contributed by atoms with Crippen molar-refractivity contribution in [2.45, 2.75) is 12.8 Å². The van der Waals surface area contributed by atoms with Gasteiger partial charge in [0.25, 0.3) is 5.91 Å². The molecule has 1 saturated carbocycles. The SMILES string of the molecule is O=C(NCC1(CO)CC1)c1cn(-c2ccccc2)nc1-c1cccnc1. The van der Waals surface area contributed by atoms with Crippen molar-refractivity contribution in [3.05, 3.63) is 66.6 Å². The predicted molar refractivity (Wildman–Crippen MR) is 97.9 cm³/mol. The Balaban J connectivity index is 1.67. The van der Waals surface area contributed by atoms with Crippen LogP contribution in [0.4, 0.5) is 0 Å². The number of hydrogen-bond donors (Lipinski definition) is 2. The Kier molecular flexibility index (Phi) is 4.26. The fraction of sp³-hybridized carbons (Fsp3) is 0.250. The second-order valence-electron chi connectivity index (χ2n) is 6.75. The molecular weight excluding hydrogens is 328 g/mol. The number of hydrogen-bond acceptors (Lipinski definition) is 4. The van der Waals surface area contributed by atoms with Gasteiger partial charge in [-0.2, -0.15) is 5.10 Å². The number of nitrogens with zero attached hydrogens (tertiary/aromatic N) is 3. The lowest BCUT2D eigenvalue weighted by atomic mass is 10.1. The summed E-state index contributed by atoms with van der Waals surface area (Å²) in [5.41, 5.74) is 2.62. The molecule has 0 saturated heterocycles. The van der Waals surface area contributed by atoms with Gasteiger partial charge in [0.05, 0.1) is 17.9 Å². The van der Waals surface area contributed by atoms with E-state index in [1.807, 2.05) is 42.5 Å². The van der Waals surface area contributed by atoms with E-state index in [9.17, 15) is 9.90 Å². The number of para-hydroxylation sites is 1. The Labute approximate surface area is 151 Å². The van der Waals surface area contributed by atoms with E-state index in [1.165, 1.54) is 0 Å². The first-order valence-corrected chi connectivity index (χ1v) is 8.65. The summed E-state index contributed by atoms with van der Waals surface area (Å²) in [6.07, 6.45) is 7.02. The van der Waals surface area contributed by atoms with Crippen LogP contribution < -0.4 is 5.32 Å². The number of benzene rings is 1. The lowest BCUT2D eigenvalue weighted by Gasteiger charge is -2.12. The molecule has 1 aliphatic carbocycles. The van der Waals surface area contributed by atoms with E-state index in [0.717, 1.165) is 24.1 Å². The minimum absolute atomic E-state index is 0.103. The van der Waals surface area contributed by atoms with Crippen LogP contribution >= 0.6 is 0 Å². The van der Waals surface area contributed by atoms with E-state index in [4.69, 9.17) is 0 Å². The summed E-state index contributed by atoms with van der Waals surface area (Å²) in [5.74, 6) is -0.189. The third-order valence-electron chi connectivity index (χ3n) is 4.83. The summed E-state index contributed by atoms with van der Waals surface area (Å²) in [6, 6.07) is 13.4. The highest BCUT2D eigenvalue weighted by molar-refractivity contribution is 5.99. The molecule has 1 aliphatic rings. The number of carbonyl (C=O) groups is 1. The lowest BCUT2D eigenvalue weighted by molar-refractivity contribution is 0.0936. The molecule has 1 aromatic carbocycles. The second kappa shape index (κ2) is 6.72.